The van der Waals surface area contributed by atoms with Gasteiger partial charge in [-0.3, -0.25) is 9.89 Å². The maximum atomic E-state index is 12.5. The van der Waals surface area contributed by atoms with Gasteiger partial charge >= 0.3 is 0 Å². The van der Waals surface area contributed by atoms with Gasteiger partial charge in [-0.1, -0.05) is 0 Å². The predicted molar refractivity (Wildman–Crippen MR) is 81.2 cm³/mol. The highest BCUT2D eigenvalue weighted by atomic mass is 16.3. The Bertz CT molecular complexity index is 612. The number of rotatable bonds is 4. The van der Waals surface area contributed by atoms with Crippen LogP contribution in [-0.4, -0.2) is 45.8 Å². The quantitative estimate of drug-likeness (QED) is 0.908. The number of H-pyrrole nitrogens is 1. The highest BCUT2D eigenvalue weighted by molar-refractivity contribution is 5.93. The number of aliphatic hydroxyl groups excluding tert-OH is 1. The van der Waals surface area contributed by atoms with E-state index in [-0.39, 0.29) is 18.6 Å². The predicted octanol–water partition coefficient (Wildman–Crippen LogP) is 2.29. The SMILES string of the molecule is CN(C(=O)c1cc(-c2ccco2)[nH]n1)C1CCC(CO)CC1. The fraction of sp³-hybridized carbons (Fsp3) is 0.500. The summed E-state index contributed by atoms with van der Waals surface area (Å²) >= 11 is 0. The first-order valence-electron chi connectivity index (χ1n) is 7.66. The van der Waals surface area contributed by atoms with Crippen LogP contribution in [0, 0.1) is 5.92 Å². The summed E-state index contributed by atoms with van der Waals surface area (Å²) in [5.41, 5.74) is 1.10. The van der Waals surface area contributed by atoms with E-state index in [9.17, 15) is 9.90 Å². The fourth-order valence-electron chi connectivity index (χ4n) is 3.05. The summed E-state index contributed by atoms with van der Waals surface area (Å²) in [5, 5.41) is 16.1. The van der Waals surface area contributed by atoms with Crippen LogP contribution in [0.25, 0.3) is 11.5 Å². The highest BCUT2D eigenvalue weighted by Gasteiger charge is 2.27. The fourth-order valence-corrected chi connectivity index (χ4v) is 3.05. The van der Waals surface area contributed by atoms with Crippen molar-refractivity contribution in [2.45, 2.75) is 31.7 Å². The standard InChI is InChI=1S/C16H21N3O3/c1-19(12-6-4-11(10-20)5-7-12)16(21)14-9-13(17-18-14)15-3-2-8-22-15/h2-3,8-9,11-12,20H,4-7,10H2,1H3,(H,17,18). The maximum absolute atomic E-state index is 12.5. The number of aliphatic hydroxyl groups is 1. The Morgan fingerprint density at radius 3 is 2.86 bits per heavy atom. The molecular formula is C16H21N3O3. The summed E-state index contributed by atoms with van der Waals surface area (Å²) in [4.78, 5) is 14.3. The number of furan rings is 1. The van der Waals surface area contributed by atoms with Crippen LogP contribution < -0.4 is 0 Å². The number of carbonyl (C=O) groups is 1. The molecule has 1 aliphatic rings. The molecule has 0 bridgehead atoms. The molecule has 0 aliphatic heterocycles. The van der Waals surface area contributed by atoms with Crippen LogP contribution in [0.2, 0.25) is 0 Å². The molecular weight excluding hydrogens is 282 g/mol. The van der Waals surface area contributed by atoms with Crippen molar-refractivity contribution in [3.8, 4) is 11.5 Å². The second-order valence-corrected chi connectivity index (χ2v) is 5.92. The van der Waals surface area contributed by atoms with Crippen molar-refractivity contribution >= 4 is 5.91 Å². The van der Waals surface area contributed by atoms with Crippen LogP contribution in [0.4, 0.5) is 0 Å². The first kappa shape index (κ1) is 14.8. The van der Waals surface area contributed by atoms with Gasteiger partial charge in [0.15, 0.2) is 11.5 Å². The molecule has 1 aliphatic carbocycles. The van der Waals surface area contributed by atoms with E-state index in [2.05, 4.69) is 10.2 Å². The van der Waals surface area contributed by atoms with Crippen molar-refractivity contribution in [3.63, 3.8) is 0 Å². The van der Waals surface area contributed by atoms with E-state index in [1.165, 1.54) is 0 Å². The first-order valence-corrected chi connectivity index (χ1v) is 7.66. The lowest BCUT2D eigenvalue weighted by Crippen LogP contribution is -2.40. The number of hydrogen-bond donors (Lipinski definition) is 2. The molecule has 6 heteroatoms. The van der Waals surface area contributed by atoms with Crippen molar-refractivity contribution in [2.24, 2.45) is 5.92 Å². The van der Waals surface area contributed by atoms with Gasteiger partial charge in [-0.15, -0.1) is 0 Å². The van der Waals surface area contributed by atoms with E-state index in [4.69, 9.17) is 4.42 Å². The molecule has 1 amide bonds. The first-order chi connectivity index (χ1) is 10.7. The van der Waals surface area contributed by atoms with Crippen molar-refractivity contribution in [3.05, 3.63) is 30.2 Å². The molecule has 2 aromatic heterocycles. The van der Waals surface area contributed by atoms with E-state index in [0.717, 1.165) is 25.7 Å². The average Bonchev–Trinajstić information content (AvgIpc) is 3.24. The summed E-state index contributed by atoms with van der Waals surface area (Å²) in [6, 6.07) is 5.56. The molecule has 0 saturated heterocycles. The number of nitrogens with one attached hydrogen (secondary N) is 1. The molecule has 0 radical (unpaired) electrons. The summed E-state index contributed by atoms with van der Waals surface area (Å²) < 4.78 is 5.29. The molecule has 6 nitrogen and oxygen atoms in total. The maximum Gasteiger partial charge on any atom is 0.274 e. The minimum absolute atomic E-state index is 0.0819. The minimum atomic E-state index is -0.0819. The van der Waals surface area contributed by atoms with E-state index in [1.807, 2.05) is 13.1 Å². The topological polar surface area (TPSA) is 82.4 Å². The molecule has 2 heterocycles. The van der Waals surface area contributed by atoms with E-state index in [0.29, 0.717) is 23.1 Å². The van der Waals surface area contributed by atoms with Crippen molar-refractivity contribution in [1.29, 1.82) is 0 Å². The molecule has 22 heavy (non-hydrogen) atoms. The third kappa shape index (κ3) is 2.92. The van der Waals surface area contributed by atoms with Crippen molar-refractivity contribution in [2.75, 3.05) is 13.7 Å². The average molecular weight is 303 g/mol. The Kier molecular flexibility index (Phi) is 4.29. The van der Waals surface area contributed by atoms with E-state index < -0.39 is 0 Å². The van der Waals surface area contributed by atoms with Gasteiger partial charge in [0, 0.05) is 25.8 Å². The van der Waals surface area contributed by atoms with Gasteiger partial charge in [-0.25, -0.2) is 0 Å². The van der Waals surface area contributed by atoms with Crippen molar-refractivity contribution in [1.82, 2.24) is 15.1 Å². The smallest absolute Gasteiger partial charge is 0.274 e. The van der Waals surface area contributed by atoms with Crippen LogP contribution in [0.3, 0.4) is 0 Å². The van der Waals surface area contributed by atoms with Crippen LogP contribution in [0.5, 0.6) is 0 Å². The lowest BCUT2D eigenvalue weighted by atomic mass is 9.86. The van der Waals surface area contributed by atoms with E-state index >= 15 is 0 Å². The van der Waals surface area contributed by atoms with Gasteiger partial charge in [0.25, 0.3) is 5.91 Å². The number of nitrogens with zero attached hydrogens (tertiary/aromatic N) is 2. The third-order valence-corrected chi connectivity index (χ3v) is 4.53. The number of aromatic amines is 1. The molecule has 0 unspecified atom stereocenters. The van der Waals surface area contributed by atoms with Crippen LogP contribution in [0.15, 0.2) is 28.9 Å². The molecule has 118 valence electrons. The highest BCUT2D eigenvalue weighted by Crippen LogP contribution is 2.27. The minimum Gasteiger partial charge on any atom is -0.463 e. The zero-order chi connectivity index (χ0) is 15.5. The Morgan fingerprint density at radius 1 is 1.45 bits per heavy atom. The van der Waals surface area contributed by atoms with Crippen LogP contribution >= 0.6 is 0 Å². The summed E-state index contributed by atoms with van der Waals surface area (Å²) in [6.07, 6.45) is 5.39. The molecule has 0 spiro atoms. The van der Waals surface area contributed by atoms with Gasteiger partial charge in [0.05, 0.1) is 6.26 Å². The second-order valence-electron chi connectivity index (χ2n) is 5.92. The van der Waals surface area contributed by atoms with Crippen LogP contribution in [-0.2, 0) is 0 Å². The Labute approximate surface area is 129 Å². The summed E-state index contributed by atoms with van der Waals surface area (Å²) in [5.74, 6) is 0.967. The lowest BCUT2D eigenvalue weighted by molar-refractivity contribution is 0.0647. The van der Waals surface area contributed by atoms with Gasteiger partial charge in [0.1, 0.15) is 5.69 Å². The molecule has 1 fully saturated rings. The van der Waals surface area contributed by atoms with E-state index in [1.54, 1.807) is 23.3 Å². The number of carbonyl (C=O) groups excluding carboxylic acids is 1. The Hall–Kier alpha value is -2.08. The third-order valence-electron chi connectivity index (χ3n) is 4.53. The molecule has 2 N–H and O–H groups in total. The Balaban J connectivity index is 1.66. The van der Waals surface area contributed by atoms with Crippen molar-refractivity contribution < 1.29 is 14.3 Å². The normalized spacial score (nSPS) is 21.7. The molecule has 0 aromatic carbocycles. The largest absolute Gasteiger partial charge is 0.463 e. The zero-order valence-electron chi connectivity index (χ0n) is 12.7. The molecule has 1 saturated carbocycles. The van der Waals surface area contributed by atoms with Gasteiger partial charge in [0.2, 0.25) is 0 Å². The summed E-state index contributed by atoms with van der Waals surface area (Å²) in [6.45, 7) is 0.246. The monoisotopic (exact) mass is 303 g/mol. The number of amides is 1. The molecule has 3 rings (SSSR count). The summed E-state index contributed by atoms with van der Waals surface area (Å²) in [7, 11) is 1.83. The van der Waals surface area contributed by atoms with Gasteiger partial charge in [-0.05, 0) is 43.7 Å². The Morgan fingerprint density at radius 2 is 2.23 bits per heavy atom. The van der Waals surface area contributed by atoms with Crippen LogP contribution in [0.1, 0.15) is 36.2 Å². The second kappa shape index (κ2) is 6.36. The van der Waals surface area contributed by atoms with Gasteiger partial charge in [-0.2, -0.15) is 5.10 Å². The molecule has 2 aromatic rings. The molecule has 0 atom stereocenters. The number of hydrogen-bond acceptors (Lipinski definition) is 4. The van der Waals surface area contributed by atoms with Gasteiger partial charge < -0.3 is 14.4 Å². The lowest BCUT2D eigenvalue weighted by Gasteiger charge is -2.33. The number of aromatic nitrogens is 2. The zero-order valence-corrected chi connectivity index (χ0v) is 12.7.